The van der Waals surface area contributed by atoms with E-state index >= 15 is 0 Å². The summed E-state index contributed by atoms with van der Waals surface area (Å²) in [5.41, 5.74) is 5.51. The lowest BCUT2D eigenvalue weighted by molar-refractivity contribution is 0.414. The highest BCUT2D eigenvalue weighted by molar-refractivity contribution is 5.92. The molecule has 0 aliphatic carbocycles. The van der Waals surface area contributed by atoms with Crippen molar-refractivity contribution < 1.29 is 4.74 Å². The zero-order chi connectivity index (χ0) is 25.0. The van der Waals surface area contributed by atoms with Crippen molar-refractivity contribution in [3.05, 3.63) is 102 Å². The molecule has 0 fully saturated rings. The number of rotatable bonds is 9. The molecule has 186 valence electrons. The van der Waals surface area contributed by atoms with Crippen LogP contribution in [0.1, 0.15) is 22.4 Å². The summed E-state index contributed by atoms with van der Waals surface area (Å²) in [6, 6.07) is 22.7. The molecule has 5 aromatic rings. The fourth-order valence-electron chi connectivity index (χ4n) is 4.79. The van der Waals surface area contributed by atoms with E-state index in [0.29, 0.717) is 12.5 Å². The summed E-state index contributed by atoms with van der Waals surface area (Å²) in [5, 5.41) is 9.48. The zero-order valence-corrected chi connectivity index (χ0v) is 20.8. The van der Waals surface area contributed by atoms with E-state index < -0.39 is 0 Å². The maximum absolute atomic E-state index is 5.33. The van der Waals surface area contributed by atoms with Gasteiger partial charge in [0.05, 0.1) is 24.7 Å². The number of methoxy groups -OCH3 is 1. The van der Waals surface area contributed by atoms with Crippen LogP contribution < -0.4 is 15.0 Å². The number of benzene rings is 2. The first-order valence-electron chi connectivity index (χ1n) is 12.6. The molecule has 4 heterocycles. The Kier molecular flexibility index (Phi) is 6.37. The molecule has 8 nitrogen and oxygen atoms in total. The fraction of sp³-hybridized carbons (Fsp3) is 0.241. The van der Waals surface area contributed by atoms with Gasteiger partial charge < -0.3 is 15.0 Å². The summed E-state index contributed by atoms with van der Waals surface area (Å²) in [7, 11) is 1.69. The maximum Gasteiger partial charge on any atom is 0.226 e. The summed E-state index contributed by atoms with van der Waals surface area (Å²) < 4.78 is 7.35. The molecule has 2 aromatic carbocycles. The molecule has 0 radical (unpaired) electrons. The lowest BCUT2D eigenvalue weighted by Crippen LogP contribution is -2.29. The number of nitrogens with one attached hydrogen (secondary N) is 1. The molecule has 0 saturated heterocycles. The quantitative estimate of drug-likeness (QED) is 0.325. The van der Waals surface area contributed by atoms with E-state index in [0.717, 1.165) is 60.8 Å². The molecular formula is C29H29N7O. The molecule has 0 unspecified atom stereocenters. The van der Waals surface area contributed by atoms with E-state index in [1.165, 1.54) is 16.7 Å². The third-order valence-corrected chi connectivity index (χ3v) is 6.69. The van der Waals surface area contributed by atoms with Crippen LogP contribution in [-0.2, 0) is 25.9 Å². The molecule has 6 rings (SSSR count). The van der Waals surface area contributed by atoms with Crippen molar-refractivity contribution in [2.45, 2.75) is 25.9 Å². The third kappa shape index (κ3) is 4.95. The first kappa shape index (κ1) is 23.0. The zero-order valence-electron chi connectivity index (χ0n) is 20.8. The Morgan fingerprint density at radius 2 is 1.70 bits per heavy atom. The van der Waals surface area contributed by atoms with Crippen LogP contribution in [0.3, 0.4) is 0 Å². The van der Waals surface area contributed by atoms with Crippen LogP contribution in [0, 0.1) is 0 Å². The Balaban J connectivity index is 1.34. The number of pyridine rings is 1. The van der Waals surface area contributed by atoms with Crippen LogP contribution in [0.4, 0.5) is 11.8 Å². The average molecular weight is 492 g/mol. The Morgan fingerprint density at radius 3 is 2.49 bits per heavy atom. The number of hydrogen-bond donors (Lipinski definition) is 1. The average Bonchev–Trinajstić information content (AvgIpc) is 3.29. The minimum absolute atomic E-state index is 0.619. The van der Waals surface area contributed by atoms with Crippen LogP contribution in [0.2, 0.25) is 0 Å². The SMILES string of the molecule is COc1ccc(CN2CCc3nn(Cc4ccccc4)c4nc(NCCc5cccnc5)nc2c34)cc1. The molecule has 0 spiro atoms. The predicted molar refractivity (Wildman–Crippen MR) is 145 cm³/mol. The molecule has 37 heavy (non-hydrogen) atoms. The van der Waals surface area contributed by atoms with Gasteiger partial charge in [-0.2, -0.15) is 15.1 Å². The second kappa shape index (κ2) is 10.3. The predicted octanol–water partition coefficient (Wildman–Crippen LogP) is 4.50. The van der Waals surface area contributed by atoms with Gasteiger partial charge in [-0.1, -0.05) is 48.5 Å². The number of ether oxygens (including phenoxy) is 1. The summed E-state index contributed by atoms with van der Waals surface area (Å²) in [6.45, 7) is 2.99. The van der Waals surface area contributed by atoms with Crippen LogP contribution >= 0.6 is 0 Å². The number of nitrogens with zero attached hydrogens (tertiary/aromatic N) is 6. The lowest BCUT2D eigenvalue weighted by atomic mass is 10.1. The summed E-state index contributed by atoms with van der Waals surface area (Å²) >= 11 is 0. The largest absolute Gasteiger partial charge is 0.497 e. The van der Waals surface area contributed by atoms with Gasteiger partial charge in [0, 0.05) is 38.4 Å². The molecule has 1 N–H and O–H groups in total. The molecule has 0 amide bonds. The highest BCUT2D eigenvalue weighted by atomic mass is 16.5. The van der Waals surface area contributed by atoms with Gasteiger partial charge in [-0.15, -0.1) is 0 Å². The van der Waals surface area contributed by atoms with E-state index in [1.54, 1.807) is 13.3 Å². The fourth-order valence-corrected chi connectivity index (χ4v) is 4.79. The van der Waals surface area contributed by atoms with Gasteiger partial charge >= 0.3 is 0 Å². The van der Waals surface area contributed by atoms with Gasteiger partial charge in [-0.3, -0.25) is 4.98 Å². The molecular weight excluding hydrogens is 462 g/mol. The third-order valence-electron chi connectivity index (χ3n) is 6.69. The van der Waals surface area contributed by atoms with E-state index in [4.69, 9.17) is 19.8 Å². The Morgan fingerprint density at radius 1 is 0.892 bits per heavy atom. The van der Waals surface area contributed by atoms with Gasteiger partial charge in [0.25, 0.3) is 0 Å². The number of hydrogen-bond acceptors (Lipinski definition) is 7. The van der Waals surface area contributed by atoms with Gasteiger partial charge in [0.1, 0.15) is 11.6 Å². The van der Waals surface area contributed by atoms with Crippen molar-refractivity contribution in [1.29, 1.82) is 0 Å². The van der Waals surface area contributed by atoms with Crippen molar-refractivity contribution in [2.24, 2.45) is 0 Å². The van der Waals surface area contributed by atoms with E-state index in [-0.39, 0.29) is 0 Å². The molecule has 0 saturated carbocycles. The van der Waals surface area contributed by atoms with Crippen LogP contribution in [0.25, 0.3) is 11.0 Å². The Labute approximate surface area is 216 Å². The minimum atomic E-state index is 0.619. The number of aromatic nitrogens is 5. The van der Waals surface area contributed by atoms with Crippen LogP contribution in [-0.4, -0.2) is 44.9 Å². The molecule has 0 atom stereocenters. The standard InChI is InChI=1S/C29H29N7O/c1-37-24-11-9-23(10-12-24)19-35-17-14-25-26-27(35)32-29(31-16-13-21-8-5-15-30-18-21)33-28(26)36(34-25)20-22-6-3-2-4-7-22/h2-12,15,18H,13-14,16-17,19-20H2,1H3,(H,31,32,33). The normalized spacial score (nSPS) is 12.6. The molecule has 1 aliphatic rings. The Hall–Kier alpha value is -4.46. The summed E-state index contributed by atoms with van der Waals surface area (Å²) in [5.74, 6) is 2.41. The highest BCUT2D eigenvalue weighted by Gasteiger charge is 2.27. The van der Waals surface area contributed by atoms with E-state index in [9.17, 15) is 0 Å². The molecule has 1 aliphatic heterocycles. The van der Waals surface area contributed by atoms with Crippen LogP contribution in [0.15, 0.2) is 79.1 Å². The van der Waals surface area contributed by atoms with Crippen molar-refractivity contribution >= 4 is 22.8 Å². The van der Waals surface area contributed by atoms with Crippen molar-refractivity contribution in [3.63, 3.8) is 0 Å². The van der Waals surface area contributed by atoms with Gasteiger partial charge in [-0.05, 0) is 41.3 Å². The second-order valence-electron chi connectivity index (χ2n) is 9.22. The van der Waals surface area contributed by atoms with Crippen LogP contribution in [0.5, 0.6) is 5.75 Å². The van der Waals surface area contributed by atoms with Crippen molar-refractivity contribution in [3.8, 4) is 5.75 Å². The topological polar surface area (TPSA) is 81.0 Å². The maximum atomic E-state index is 5.33. The number of anilines is 2. The first-order valence-corrected chi connectivity index (χ1v) is 12.6. The monoisotopic (exact) mass is 491 g/mol. The second-order valence-corrected chi connectivity index (χ2v) is 9.22. The highest BCUT2D eigenvalue weighted by Crippen LogP contribution is 2.34. The molecule has 8 heteroatoms. The van der Waals surface area contributed by atoms with Gasteiger partial charge in [-0.25, -0.2) is 4.68 Å². The van der Waals surface area contributed by atoms with E-state index in [2.05, 4.69) is 57.7 Å². The van der Waals surface area contributed by atoms with Gasteiger partial charge in [0.2, 0.25) is 5.95 Å². The van der Waals surface area contributed by atoms with Crippen molar-refractivity contribution in [2.75, 3.05) is 30.4 Å². The lowest BCUT2D eigenvalue weighted by Gasteiger charge is -2.28. The van der Waals surface area contributed by atoms with E-state index in [1.807, 2.05) is 35.1 Å². The van der Waals surface area contributed by atoms with Crippen molar-refractivity contribution in [1.82, 2.24) is 24.7 Å². The summed E-state index contributed by atoms with van der Waals surface area (Å²) in [6.07, 6.45) is 5.39. The summed E-state index contributed by atoms with van der Waals surface area (Å²) in [4.78, 5) is 16.5. The van der Waals surface area contributed by atoms with Gasteiger partial charge in [0.15, 0.2) is 5.65 Å². The smallest absolute Gasteiger partial charge is 0.226 e. The minimum Gasteiger partial charge on any atom is -0.497 e. The molecule has 3 aromatic heterocycles. The molecule has 0 bridgehead atoms. The first-order chi connectivity index (χ1) is 18.3. The Bertz CT molecular complexity index is 1480.